The molecule has 0 aromatic rings. The summed E-state index contributed by atoms with van der Waals surface area (Å²) in [6.07, 6.45) is 2.93. The number of hydrogen-bond donors (Lipinski definition) is 1. The number of ether oxygens (including phenoxy) is 1. The van der Waals surface area contributed by atoms with Gasteiger partial charge in [0.05, 0.1) is 0 Å². The van der Waals surface area contributed by atoms with Gasteiger partial charge in [0.15, 0.2) is 0 Å². The highest BCUT2D eigenvalue weighted by Gasteiger charge is 2.15. The summed E-state index contributed by atoms with van der Waals surface area (Å²) in [6, 6.07) is 0. The SMILES string of the molecule is C=C(CCO)CC1CCOC1. The molecule has 1 fully saturated rings. The van der Waals surface area contributed by atoms with Crippen molar-refractivity contribution in [3.8, 4) is 0 Å². The second-order valence-corrected chi connectivity index (χ2v) is 3.16. The first-order valence-corrected chi connectivity index (χ1v) is 4.18. The van der Waals surface area contributed by atoms with Gasteiger partial charge in [0.2, 0.25) is 0 Å². The fourth-order valence-corrected chi connectivity index (χ4v) is 1.41. The van der Waals surface area contributed by atoms with Crippen LogP contribution in [0.5, 0.6) is 0 Å². The van der Waals surface area contributed by atoms with Crippen LogP contribution in [0.15, 0.2) is 12.2 Å². The van der Waals surface area contributed by atoms with Gasteiger partial charge in [-0.3, -0.25) is 0 Å². The van der Waals surface area contributed by atoms with Gasteiger partial charge in [0, 0.05) is 19.8 Å². The normalized spacial score (nSPS) is 23.9. The van der Waals surface area contributed by atoms with Crippen molar-refractivity contribution in [1.82, 2.24) is 0 Å². The van der Waals surface area contributed by atoms with Gasteiger partial charge in [0.25, 0.3) is 0 Å². The topological polar surface area (TPSA) is 29.5 Å². The molecule has 1 heterocycles. The van der Waals surface area contributed by atoms with Crippen LogP contribution >= 0.6 is 0 Å². The lowest BCUT2D eigenvalue weighted by Gasteiger charge is -2.08. The van der Waals surface area contributed by atoms with Crippen molar-refractivity contribution in [2.24, 2.45) is 5.92 Å². The van der Waals surface area contributed by atoms with Gasteiger partial charge in [-0.2, -0.15) is 0 Å². The highest BCUT2D eigenvalue weighted by Crippen LogP contribution is 2.21. The van der Waals surface area contributed by atoms with E-state index in [9.17, 15) is 0 Å². The van der Waals surface area contributed by atoms with E-state index < -0.39 is 0 Å². The maximum atomic E-state index is 8.62. The van der Waals surface area contributed by atoms with E-state index in [-0.39, 0.29) is 6.61 Å². The van der Waals surface area contributed by atoms with Crippen molar-refractivity contribution >= 4 is 0 Å². The van der Waals surface area contributed by atoms with Crippen molar-refractivity contribution in [1.29, 1.82) is 0 Å². The Morgan fingerprint density at radius 2 is 2.45 bits per heavy atom. The molecule has 0 aliphatic carbocycles. The van der Waals surface area contributed by atoms with Gasteiger partial charge in [-0.1, -0.05) is 12.2 Å². The largest absolute Gasteiger partial charge is 0.396 e. The Morgan fingerprint density at radius 3 is 3.00 bits per heavy atom. The first kappa shape index (κ1) is 8.75. The Kier molecular flexibility index (Phi) is 3.60. The summed E-state index contributed by atoms with van der Waals surface area (Å²) >= 11 is 0. The highest BCUT2D eigenvalue weighted by molar-refractivity contribution is 4.96. The molecule has 1 atom stereocenters. The summed E-state index contributed by atoms with van der Waals surface area (Å²) in [7, 11) is 0. The minimum atomic E-state index is 0.229. The van der Waals surface area contributed by atoms with E-state index in [2.05, 4.69) is 6.58 Å². The molecule has 2 nitrogen and oxygen atoms in total. The molecule has 1 rings (SSSR count). The maximum absolute atomic E-state index is 8.62. The van der Waals surface area contributed by atoms with Crippen LogP contribution in [0.25, 0.3) is 0 Å². The predicted molar refractivity (Wildman–Crippen MR) is 44.4 cm³/mol. The van der Waals surface area contributed by atoms with E-state index in [0.717, 1.165) is 38.0 Å². The van der Waals surface area contributed by atoms with Crippen molar-refractivity contribution in [3.63, 3.8) is 0 Å². The lowest BCUT2D eigenvalue weighted by molar-refractivity contribution is 0.185. The Hall–Kier alpha value is -0.340. The molecule has 64 valence electrons. The first-order chi connectivity index (χ1) is 5.33. The van der Waals surface area contributed by atoms with Crippen LogP contribution < -0.4 is 0 Å². The van der Waals surface area contributed by atoms with Gasteiger partial charge in [-0.05, 0) is 25.2 Å². The summed E-state index contributed by atoms with van der Waals surface area (Å²) in [6.45, 7) is 5.90. The van der Waals surface area contributed by atoms with Crippen molar-refractivity contribution < 1.29 is 9.84 Å². The Balaban J connectivity index is 2.13. The van der Waals surface area contributed by atoms with Crippen LogP contribution in [0.2, 0.25) is 0 Å². The van der Waals surface area contributed by atoms with Crippen LogP contribution in [0.1, 0.15) is 19.3 Å². The Bertz CT molecular complexity index is 126. The zero-order valence-corrected chi connectivity index (χ0v) is 6.88. The molecule has 1 saturated heterocycles. The Morgan fingerprint density at radius 1 is 1.64 bits per heavy atom. The quantitative estimate of drug-likeness (QED) is 0.623. The molecule has 1 aliphatic rings. The Labute approximate surface area is 67.9 Å². The van der Waals surface area contributed by atoms with Gasteiger partial charge < -0.3 is 9.84 Å². The molecule has 0 aromatic carbocycles. The van der Waals surface area contributed by atoms with Crippen molar-refractivity contribution in [2.45, 2.75) is 19.3 Å². The summed E-state index contributed by atoms with van der Waals surface area (Å²) in [5.74, 6) is 0.661. The van der Waals surface area contributed by atoms with E-state index >= 15 is 0 Å². The summed E-state index contributed by atoms with van der Waals surface area (Å²) in [5, 5.41) is 8.62. The van der Waals surface area contributed by atoms with Gasteiger partial charge in [-0.25, -0.2) is 0 Å². The molecule has 1 aliphatic heterocycles. The third kappa shape index (κ3) is 3.04. The molecule has 1 unspecified atom stereocenters. The highest BCUT2D eigenvalue weighted by atomic mass is 16.5. The van der Waals surface area contributed by atoms with Crippen LogP contribution in [-0.4, -0.2) is 24.9 Å². The van der Waals surface area contributed by atoms with Crippen LogP contribution in [0, 0.1) is 5.92 Å². The van der Waals surface area contributed by atoms with E-state index in [0.29, 0.717) is 5.92 Å². The standard InChI is InChI=1S/C9H16O2/c1-8(2-4-10)6-9-3-5-11-7-9/h9-10H,1-7H2. The lowest BCUT2D eigenvalue weighted by atomic mass is 9.98. The molecular formula is C9H16O2. The van der Waals surface area contributed by atoms with E-state index in [4.69, 9.17) is 9.84 Å². The molecule has 0 aromatic heterocycles. The third-order valence-electron chi connectivity index (χ3n) is 2.07. The predicted octanol–water partition coefficient (Wildman–Crippen LogP) is 1.35. The molecule has 0 saturated carbocycles. The smallest absolute Gasteiger partial charge is 0.0498 e. The molecular weight excluding hydrogens is 140 g/mol. The molecule has 0 amide bonds. The number of aliphatic hydroxyl groups is 1. The zero-order chi connectivity index (χ0) is 8.10. The van der Waals surface area contributed by atoms with E-state index in [1.807, 2.05) is 0 Å². The summed E-state index contributed by atoms with van der Waals surface area (Å²) in [5.41, 5.74) is 1.16. The van der Waals surface area contributed by atoms with E-state index in [1.54, 1.807) is 0 Å². The number of hydrogen-bond acceptors (Lipinski definition) is 2. The average Bonchev–Trinajstić information content (AvgIpc) is 2.40. The molecule has 11 heavy (non-hydrogen) atoms. The molecule has 1 N–H and O–H groups in total. The monoisotopic (exact) mass is 156 g/mol. The van der Waals surface area contributed by atoms with Crippen LogP contribution in [-0.2, 0) is 4.74 Å². The number of aliphatic hydroxyl groups excluding tert-OH is 1. The minimum absolute atomic E-state index is 0.229. The molecule has 0 spiro atoms. The fraction of sp³-hybridized carbons (Fsp3) is 0.778. The van der Waals surface area contributed by atoms with Gasteiger partial charge >= 0.3 is 0 Å². The van der Waals surface area contributed by atoms with E-state index in [1.165, 1.54) is 0 Å². The van der Waals surface area contributed by atoms with Crippen molar-refractivity contribution in [2.75, 3.05) is 19.8 Å². The third-order valence-corrected chi connectivity index (χ3v) is 2.07. The summed E-state index contributed by atoms with van der Waals surface area (Å²) < 4.78 is 5.23. The van der Waals surface area contributed by atoms with Gasteiger partial charge in [0.1, 0.15) is 0 Å². The average molecular weight is 156 g/mol. The molecule has 0 radical (unpaired) electrons. The second kappa shape index (κ2) is 4.52. The lowest BCUT2D eigenvalue weighted by Crippen LogP contribution is -2.01. The van der Waals surface area contributed by atoms with Gasteiger partial charge in [-0.15, -0.1) is 0 Å². The van der Waals surface area contributed by atoms with Crippen LogP contribution in [0.4, 0.5) is 0 Å². The van der Waals surface area contributed by atoms with Crippen molar-refractivity contribution in [3.05, 3.63) is 12.2 Å². The molecule has 0 bridgehead atoms. The maximum Gasteiger partial charge on any atom is 0.0498 e. The summed E-state index contributed by atoms with van der Waals surface area (Å²) in [4.78, 5) is 0. The number of rotatable bonds is 4. The first-order valence-electron chi connectivity index (χ1n) is 4.18. The molecule has 2 heteroatoms. The minimum Gasteiger partial charge on any atom is -0.396 e. The fourth-order valence-electron chi connectivity index (χ4n) is 1.41. The second-order valence-electron chi connectivity index (χ2n) is 3.16. The zero-order valence-electron chi connectivity index (χ0n) is 6.88. The van der Waals surface area contributed by atoms with Crippen LogP contribution in [0.3, 0.4) is 0 Å².